The molecule has 0 bridgehead atoms. The zero-order valence-electron chi connectivity index (χ0n) is 17.1. The summed E-state index contributed by atoms with van der Waals surface area (Å²) in [6, 6.07) is 16.9. The average molecular weight is 424 g/mol. The molecule has 2 N–H and O–H groups in total. The summed E-state index contributed by atoms with van der Waals surface area (Å²) in [5.74, 6) is 0.910. The van der Waals surface area contributed by atoms with E-state index in [0.29, 0.717) is 29.8 Å². The highest BCUT2D eigenvalue weighted by molar-refractivity contribution is 6.01. The number of rotatable bonds is 3. The number of pyridine rings is 1. The molecule has 3 aromatic heterocycles. The van der Waals surface area contributed by atoms with Crippen LogP contribution in [-0.2, 0) is 4.79 Å². The molecule has 4 heterocycles. The number of allylic oxidation sites excluding steroid dienone is 2. The average Bonchev–Trinajstić information content (AvgIpc) is 3.47. The van der Waals surface area contributed by atoms with Gasteiger partial charge in [-0.1, -0.05) is 24.3 Å². The van der Waals surface area contributed by atoms with Gasteiger partial charge in [0.2, 0.25) is 0 Å². The second kappa shape index (κ2) is 7.23. The van der Waals surface area contributed by atoms with Gasteiger partial charge in [-0.05, 0) is 42.3 Å². The van der Waals surface area contributed by atoms with Crippen molar-refractivity contribution in [1.82, 2.24) is 14.8 Å². The maximum Gasteiger partial charge on any atom is 0.277 e. The van der Waals surface area contributed by atoms with E-state index in [1.54, 1.807) is 18.7 Å². The zero-order valence-corrected chi connectivity index (χ0v) is 17.1. The van der Waals surface area contributed by atoms with Crippen LogP contribution in [0.15, 0.2) is 93.7 Å². The zero-order chi connectivity index (χ0) is 21.7. The molecule has 0 spiro atoms. The van der Waals surface area contributed by atoms with Crippen LogP contribution in [0.4, 0.5) is 5.82 Å². The van der Waals surface area contributed by atoms with E-state index in [2.05, 4.69) is 15.4 Å². The number of carbonyl (C=O) groups excluding carboxylic acids is 1. The second-order valence-corrected chi connectivity index (χ2v) is 8.16. The number of H-pyrrole nitrogens is 1. The van der Waals surface area contributed by atoms with Gasteiger partial charge in [0.15, 0.2) is 5.78 Å². The van der Waals surface area contributed by atoms with E-state index in [0.717, 1.165) is 22.7 Å². The Morgan fingerprint density at radius 1 is 1.00 bits per heavy atom. The first-order valence-corrected chi connectivity index (χ1v) is 10.6. The standard InChI is InChI=1S/C25H20N4O3/c30-19-13-16(20-9-5-11-32-20)12-18-22(19)21(15-6-4-10-26-14-15)23-24(27-18)28-29(25(23)31)17-7-2-1-3-8-17/h1-11,14,16,21,27-28H,12-13H2/t16-,21+/m1/s1. The van der Waals surface area contributed by atoms with Crippen LogP contribution >= 0.6 is 0 Å². The summed E-state index contributed by atoms with van der Waals surface area (Å²) in [7, 11) is 0. The number of aromatic nitrogens is 3. The van der Waals surface area contributed by atoms with Crippen LogP contribution in [0.2, 0.25) is 0 Å². The molecule has 7 heteroatoms. The van der Waals surface area contributed by atoms with E-state index < -0.39 is 5.92 Å². The summed E-state index contributed by atoms with van der Waals surface area (Å²) < 4.78 is 7.11. The van der Waals surface area contributed by atoms with Crippen LogP contribution in [0, 0.1) is 0 Å². The number of anilines is 1. The third-order valence-corrected chi connectivity index (χ3v) is 6.27. The van der Waals surface area contributed by atoms with Crippen molar-refractivity contribution in [3.63, 3.8) is 0 Å². The summed E-state index contributed by atoms with van der Waals surface area (Å²) in [5, 5.41) is 6.59. The molecule has 32 heavy (non-hydrogen) atoms. The molecule has 158 valence electrons. The summed E-state index contributed by atoms with van der Waals surface area (Å²) in [5.41, 5.74) is 3.38. The molecule has 6 rings (SSSR count). The summed E-state index contributed by atoms with van der Waals surface area (Å²) in [6.45, 7) is 0. The van der Waals surface area contributed by atoms with Gasteiger partial charge in [-0.3, -0.25) is 19.7 Å². The minimum absolute atomic E-state index is 0.0199. The minimum atomic E-state index is -0.478. The Hall–Kier alpha value is -4.13. The normalized spacial score (nSPS) is 19.9. The first kappa shape index (κ1) is 18.6. The molecule has 0 unspecified atom stereocenters. The van der Waals surface area contributed by atoms with Gasteiger partial charge in [0.05, 0.1) is 17.5 Å². The van der Waals surface area contributed by atoms with Gasteiger partial charge >= 0.3 is 0 Å². The van der Waals surface area contributed by atoms with Gasteiger partial charge in [0.1, 0.15) is 11.6 Å². The number of benzene rings is 1. The third-order valence-electron chi connectivity index (χ3n) is 6.27. The summed E-state index contributed by atoms with van der Waals surface area (Å²) >= 11 is 0. The number of hydrogen-bond donors (Lipinski definition) is 2. The smallest absolute Gasteiger partial charge is 0.277 e. The lowest BCUT2D eigenvalue weighted by Crippen LogP contribution is -2.32. The summed E-state index contributed by atoms with van der Waals surface area (Å²) in [6.07, 6.45) is 6.03. The van der Waals surface area contributed by atoms with Crippen molar-refractivity contribution in [2.75, 3.05) is 5.32 Å². The van der Waals surface area contributed by atoms with E-state index in [4.69, 9.17) is 4.42 Å². The van der Waals surface area contributed by atoms with Crippen LogP contribution < -0.4 is 10.9 Å². The molecular weight excluding hydrogens is 404 g/mol. The molecule has 0 saturated heterocycles. The number of hydrogen-bond acceptors (Lipinski definition) is 5. The Morgan fingerprint density at radius 2 is 1.88 bits per heavy atom. The highest BCUT2D eigenvalue weighted by Crippen LogP contribution is 2.46. The largest absolute Gasteiger partial charge is 0.469 e. The van der Waals surface area contributed by atoms with Crippen LogP contribution in [0.3, 0.4) is 0 Å². The molecule has 7 nitrogen and oxygen atoms in total. The first-order chi connectivity index (χ1) is 15.7. The Labute approximate surface area is 183 Å². The van der Waals surface area contributed by atoms with Crippen molar-refractivity contribution >= 4 is 11.6 Å². The predicted molar refractivity (Wildman–Crippen MR) is 119 cm³/mol. The van der Waals surface area contributed by atoms with E-state index in [1.165, 1.54) is 4.68 Å². The molecule has 0 saturated carbocycles. The topological polar surface area (TPSA) is 92.9 Å². The Morgan fingerprint density at radius 3 is 2.62 bits per heavy atom. The number of para-hydroxylation sites is 1. The van der Waals surface area contributed by atoms with E-state index in [9.17, 15) is 9.59 Å². The van der Waals surface area contributed by atoms with Crippen LogP contribution in [-0.4, -0.2) is 20.5 Å². The molecule has 1 aliphatic heterocycles. The molecule has 2 aliphatic rings. The molecule has 1 aromatic carbocycles. The minimum Gasteiger partial charge on any atom is -0.469 e. The fourth-order valence-corrected chi connectivity index (χ4v) is 4.86. The van der Waals surface area contributed by atoms with Crippen molar-refractivity contribution in [1.29, 1.82) is 0 Å². The van der Waals surface area contributed by atoms with Crippen LogP contribution in [0.25, 0.3) is 5.69 Å². The maximum atomic E-state index is 13.6. The fourth-order valence-electron chi connectivity index (χ4n) is 4.86. The van der Waals surface area contributed by atoms with Gasteiger partial charge in [-0.25, -0.2) is 4.68 Å². The number of ketones is 1. The van der Waals surface area contributed by atoms with Crippen LogP contribution in [0.1, 0.15) is 41.6 Å². The summed E-state index contributed by atoms with van der Waals surface area (Å²) in [4.78, 5) is 31.2. The van der Waals surface area contributed by atoms with Gasteiger partial charge in [-0.2, -0.15) is 0 Å². The van der Waals surface area contributed by atoms with Crippen molar-refractivity contribution in [2.45, 2.75) is 24.7 Å². The number of aromatic amines is 1. The third kappa shape index (κ3) is 2.85. The lowest BCUT2D eigenvalue weighted by Gasteiger charge is -2.33. The monoisotopic (exact) mass is 424 g/mol. The van der Waals surface area contributed by atoms with Crippen molar-refractivity contribution < 1.29 is 9.21 Å². The number of nitrogens with one attached hydrogen (secondary N) is 2. The molecule has 0 radical (unpaired) electrons. The fraction of sp³-hybridized carbons (Fsp3) is 0.160. The number of Topliss-reactive ketones (excluding diaryl/α,β-unsaturated/α-hetero) is 1. The predicted octanol–water partition coefficient (Wildman–Crippen LogP) is 4.11. The van der Waals surface area contributed by atoms with E-state index >= 15 is 0 Å². The highest BCUT2D eigenvalue weighted by atomic mass is 16.3. The molecule has 4 aromatic rings. The molecular formula is C25H20N4O3. The number of nitrogens with zero attached hydrogens (tertiary/aromatic N) is 2. The SMILES string of the molecule is O=C1C[C@H](c2ccco2)CC2=C1[C@H](c1cccnc1)c1c([nH]n(-c3ccccc3)c1=O)N2. The van der Waals surface area contributed by atoms with Gasteiger partial charge < -0.3 is 9.73 Å². The van der Waals surface area contributed by atoms with Crippen LogP contribution in [0.5, 0.6) is 0 Å². The maximum absolute atomic E-state index is 13.6. The van der Waals surface area contributed by atoms with E-state index in [-0.39, 0.29) is 17.3 Å². The Bertz CT molecular complexity index is 1380. The number of fused-ring (bicyclic) bond motifs is 1. The van der Waals surface area contributed by atoms with Crippen molar-refractivity contribution in [3.8, 4) is 5.69 Å². The lowest BCUT2D eigenvalue weighted by atomic mass is 9.74. The number of carbonyl (C=O) groups is 1. The number of furan rings is 1. The Balaban J connectivity index is 1.53. The quantitative estimate of drug-likeness (QED) is 0.516. The molecule has 0 fully saturated rings. The van der Waals surface area contributed by atoms with Crippen molar-refractivity contribution in [3.05, 3.63) is 112 Å². The lowest BCUT2D eigenvalue weighted by molar-refractivity contribution is -0.116. The Kier molecular flexibility index (Phi) is 4.21. The molecule has 0 amide bonds. The second-order valence-electron chi connectivity index (χ2n) is 8.16. The van der Waals surface area contributed by atoms with Gasteiger partial charge in [0, 0.05) is 41.9 Å². The van der Waals surface area contributed by atoms with Gasteiger partial charge in [0.25, 0.3) is 5.56 Å². The molecule has 2 atom stereocenters. The van der Waals surface area contributed by atoms with E-state index in [1.807, 2.05) is 54.6 Å². The molecule has 1 aliphatic carbocycles. The first-order valence-electron chi connectivity index (χ1n) is 10.6. The van der Waals surface area contributed by atoms with Gasteiger partial charge in [-0.15, -0.1) is 0 Å². The van der Waals surface area contributed by atoms with Crippen molar-refractivity contribution in [2.24, 2.45) is 0 Å². The highest BCUT2D eigenvalue weighted by Gasteiger charge is 2.41.